The molecule has 0 bridgehead atoms. The Morgan fingerprint density at radius 2 is 1.56 bits per heavy atom. The SMILES string of the molecule is O=C(Oc1ccc2c(-c3cc4ccccc4oc3=O)cc(=O)oc2c1)c1ccccc1Br. The van der Waals surface area contributed by atoms with Gasteiger partial charge in [0.2, 0.25) is 0 Å². The van der Waals surface area contributed by atoms with E-state index in [0.717, 1.165) is 5.39 Å². The molecule has 0 fully saturated rings. The molecule has 3 aromatic carbocycles. The molecule has 0 N–H and O–H groups in total. The maximum Gasteiger partial charge on any atom is 0.344 e. The van der Waals surface area contributed by atoms with Crippen LogP contribution in [0.2, 0.25) is 0 Å². The number of fused-ring (bicyclic) bond motifs is 2. The van der Waals surface area contributed by atoms with Crippen molar-refractivity contribution < 1.29 is 18.4 Å². The van der Waals surface area contributed by atoms with E-state index in [-0.39, 0.29) is 16.9 Å². The average Bonchev–Trinajstić information content (AvgIpc) is 2.78. The summed E-state index contributed by atoms with van der Waals surface area (Å²) in [4.78, 5) is 37.4. The van der Waals surface area contributed by atoms with Crippen LogP contribution in [0.15, 0.2) is 102 Å². The number of carbonyl (C=O) groups is 1. The second-order valence-electron chi connectivity index (χ2n) is 6.99. The van der Waals surface area contributed by atoms with Crippen molar-refractivity contribution in [1.29, 1.82) is 0 Å². The first kappa shape index (κ1) is 20.0. The lowest BCUT2D eigenvalue weighted by molar-refractivity contribution is 0.0734. The summed E-state index contributed by atoms with van der Waals surface area (Å²) in [5.41, 5.74) is 0.386. The molecule has 0 aliphatic heterocycles. The van der Waals surface area contributed by atoms with Crippen molar-refractivity contribution >= 4 is 43.8 Å². The predicted molar refractivity (Wildman–Crippen MR) is 123 cm³/mol. The third-order valence-corrected chi connectivity index (χ3v) is 5.64. The third kappa shape index (κ3) is 3.63. The molecule has 32 heavy (non-hydrogen) atoms. The van der Waals surface area contributed by atoms with Gasteiger partial charge in [0.1, 0.15) is 16.9 Å². The molecule has 0 aliphatic carbocycles. The van der Waals surface area contributed by atoms with E-state index in [1.165, 1.54) is 12.1 Å². The van der Waals surface area contributed by atoms with Gasteiger partial charge in [-0.25, -0.2) is 14.4 Å². The number of rotatable bonds is 3. The van der Waals surface area contributed by atoms with Crippen LogP contribution >= 0.6 is 15.9 Å². The highest BCUT2D eigenvalue weighted by molar-refractivity contribution is 9.10. The number of benzene rings is 3. The van der Waals surface area contributed by atoms with Crippen molar-refractivity contribution in [2.24, 2.45) is 0 Å². The summed E-state index contributed by atoms with van der Waals surface area (Å²) in [6, 6.07) is 21.6. The van der Waals surface area contributed by atoms with E-state index in [0.29, 0.717) is 26.6 Å². The van der Waals surface area contributed by atoms with E-state index >= 15 is 0 Å². The molecule has 7 heteroatoms. The Morgan fingerprint density at radius 1 is 0.781 bits per heavy atom. The number of ether oxygens (including phenoxy) is 1. The maximum absolute atomic E-state index is 12.6. The highest BCUT2D eigenvalue weighted by Gasteiger charge is 2.16. The summed E-state index contributed by atoms with van der Waals surface area (Å²) in [6.07, 6.45) is 0. The Kier molecular flexibility index (Phi) is 4.95. The molecule has 0 unspecified atom stereocenters. The van der Waals surface area contributed by atoms with Gasteiger partial charge in [-0.1, -0.05) is 30.3 Å². The zero-order valence-corrected chi connectivity index (χ0v) is 17.9. The van der Waals surface area contributed by atoms with Crippen molar-refractivity contribution in [1.82, 2.24) is 0 Å². The zero-order valence-electron chi connectivity index (χ0n) is 16.3. The first-order valence-electron chi connectivity index (χ1n) is 9.57. The fourth-order valence-corrected chi connectivity index (χ4v) is 3.91. The number of carbonyl (C=O) groups excluding carboxylic acids is 1. The van der Waals surface area contributed by atoms with E-state index in [1.54, 1.807) is 54.6 Å². The standard InChI is InChI=1S/C25H13BrO6/c26-20-7-3-2-6-17(20)24(28)30-15-9-10-16-18(13-23(27)31-22(16)12-15)19-11-14-5-1-4-8-21(14)32-25(19)29/h1-13H. The molecular weight excluding hydrogens is 476 g/mol. The molecule has 2 heterocycles. The van der Waals surface area contributed by atoms with Crippen LogP contribution in [0, 0.1) is 0 Å². The van der Waals surface area contributed by atoms with Crippen LogP contribution in [0.5, 0.6) is 5.75 Å². The summed E-state index contributed by atoms with van der Waals surface area (Å²) in [5.74, 6) is -0.366. The average molecular weight is 489 g/mol. The van der Waals surface area contributed by atoms with Crippen LogP contribution in [0.4, 0.5) is 0 Å². The molecule has 5 rings (SSSR count). The monoisotopic (exact) mass is 488 g/mol. The summed E-state index contributed by atoms with van der Waals surface area (Å²) >= 11 is 3.32. The van der Waals surface area contributed by atoms with Gasteiger partial charge in [0.15, 0.2) is 0 Å². The van der Waals surface area contributed by atoms with Crippen molar-refractivity contribution in [2.75, 3.05) is 0 Å². The van der Waals surface area contributed by atoms with Crippen molar-refractivity contribution in [2.45, 2.75) is 0 Å². The Balaban J connectivity index is 1.60. The van der Waals surface area contributed by atoms with Gasteiger partial charge in [0.25, 0.3) is 0 Å². The fraction of sp³-hybridized carbons (Fsp3) is 0. The van der Waals surface area contributed by atoms with Crippen LogP contribution in [0.1, 0.15) is 10.4 Å². The predicted octanol–water partition coefficient (Wildman–Crippen LogP) is 5.55. The molecular formula is C25H13BrO6. The summed E-state index contributed by atoms with van der Waals surface area (Å²) < 4.78 is 16.8. The molecule has 156 valence electrons. The van der Waals surface area contributed by atoms with Gasteiger partial charge >= 0.3 is 17.2 Å². The van der Waals surface area contributed by atoms with Gasteiger partial charge in [0, 0.05) is 32.9 Å². The normalized spacial score (nSPS) is 11.0. The van der Waals surface area contributed by atoms with Crippen molar-refractivity contribution in [3.63, 3.8) is 0 Å². The van der Waals surface area contributed by atoms with Gasteiger partial charge in [-0.15, -0.1) is 0 Å². The first-order valence-corrected chi connectivity index (χ1v) is 10.4. The minimum Gasteiger partial charge on any atom is -0.423 e. The minimum atomic E-state index is -0.644. The van der Waals surface area contributed by atoms with Crippen molar-refractivity contribution in [3.8, 4) is 16.9 Å². The molecule has 0 aliphatic rings. The van der Waals surface area contributed by atoms with Crippen LogP contribution in [-0.2, 0) is 0 Å². The molecule has 0 amide bonds. The highest BCUT2D eigenvalue weighted by Crippen LogP contribution is 2.30. The third-order valence-electron chi connectivity index (χ3n) is 4.95. The maximum atomic E-state index is 12.6. The molecule has 0 saturated heterocycles. The summed E-state index contributed by atoms with van der Waals surface area (Å²) in [6.45, 7) is 0. The minimum absolute atomic E-state index is 0.178. The zero-order chi connectivity index (χ0) is 22.2. The lowest BCUT2D eigenvalue weighted by Gasteiger charge is -2.09. The Labute approximate surface area is 188 Å². The number of hydrogen-bond acceptors (Lipinski definition) is 6. The van der Waals surface area contributed by atoms with E-state index in [2.05, 4.69) is 15.9 Å². The van der Waals surface area contributed by atoms with Crippen LogP contribution in [-0.4, -0.2) is 5.97 Å². The quantitative estimate of drug-likeness (QED) is 0.188. The van der Waals surface area contributed by atoms with Crippen molar-refractivity contribution in [3.05, 3.63) is 110 Å². The van der Waals surface area contributed by atoms with E-state index in [1.807, 2.05) is 12.1 Å². The van der Waals surface area contributed by atoms with Gasteiger partial charge in [0.05, 0.1) is 11.1 Å². The molecule has 0 atom stereocenters. The van der Waals surface area contributed by atoms with Gasteiger partial charge in [-0.05, 0) is 52.3 Å². The molecule has 0 radical (unpaired) electrons. The molecule has 0 saturated carbocycles. The number of para-hydroxylation sites is 1. The lowest BCUT2D eigenvalue weighted by Crippen LogP contribution is -2.09. The van der Waals surface area contributed by atoms with Gasteiger partial charge in [-0.2, -0.15) is 0 Å². The number of esters is 1. The van der Waals surface area contributed by atoms with E-state index < -0.39 is 17.2 Å². The van der Waals surface area contributed by atoms with E-state index in [4.69, 9.17) is 13.6 Å². The lowest BCUT2D eigenvalue weighted by atomic mass is 10.0. The second-order valence-corrected chi connectivity index (χ2v) is 7.85. The Bertz CT molecular complexity index is 1630. The Morgan fingerprint density at radius 3 is 2.41 bits per heavy atom. The van der Waals surface area contributed by atoms with Gasteiger partial charge < -0.3 is 13.6 Å². The molecule has 5 aromatic rings. The van der Waals surface area contributed by atoms with Crippen LogP contribution in [0.3, 0.4) is 0 Å². The topological polar surface area (TPSA) is 86.7 Å². The van der Waals surface area contributed by atoms with E-state index in [9.17, 15) is 14.4 Å². The summed E-state index contributed by atoms with van der Waals surface area (Å²) in [7, 11) is 0. The molecule has 0 spiro atoms. The molecule has 2 aromatic heterocycles. The van der Waals surface area contributed by atoms with Crippen LogP contribution in [0.25, 0.3) is 33.1 Å². The Hall–Kier alpha value is -3.97. The second kappa shape index (κ2) is 7.94. The summed E-state index contributed by atoms with van der Waals surface area (Å²) in [5, 5.41) is 1.23. The first-order chi connectivity index (χ1) is 15.5. The number of hydrogen-bond donors (Lipinski definition) is 0. The van der Waals surface area contributed by atoms with Crippen LogP contribution < -0.4 is 16.0 Å². The highest BCUT2D eigenvalue weighted by atomic mass is 79.9. The molecule has 6 nitrogen and oxygen atoms in total. The van der Waals surface area contributed by atoms with Gasteiger partial charge in [-0.3, -0.25) is 0 Å². The fourth-order valence-electron chi connectivity index (χ4n) is 3.47. The largest absolute Gasteiger partial charge is 0.423 e. The smallest absolute Gasteiger partial charge is 0.344 e. The number of halogens is 1.